The average Bonchev–Trinajstić information content (AvgIpc) is 3.24. The molecular formula is C27H26N2O7S. The van der Waals surface area contributed by atoms with Crippen LogP contribution in [-0.2, 0) is 19.1 Å². The van der Waals surface area contributed by atoms with Crippen LogP contribution < -0.4 is 30.0 Å². The number of para-hydroxylation sites is 2. The first-order valence-corrected chi connectivity index (χ1v) is 12.2. The quantitative estimate of drug-likeness (QED) is 0.465. The van der Waals surface area contributed by atoms with E-state index in [9.17, 15) is 14.4 Å². The SMILES string of the molecule is CCOC(=O)C1=C(N)n2c(s/c(=C/c3ccccc3OC)c2=O)=C(C(=O)OC)[C@@H]1c1ccccc1OC. The van der Waals surface area contributed by atoms with Gasteiger partial charge in [0.25, 0.3) is 5.56 Å². The third-order valence-corrected chi connectivity index (χ3v) is 7.03. The second-order valence-corrected chi connectivity index (χ2v) is 8.93. The average molecular weight is 523 g/mol. The third-order valence-electron chi connectivity index (χ3n) is 5.92. The summed E-state index contributed by atoms with van der Waals surface area (Å²) >= 11 is 1.06. The summed E-state index contributed by atoms with van der Waals surface area (Å²) in [7, 11) is 4.25. The number of methoxy groups -OCH3 is 3. The standard InChI is InChI=1S/C27H26N2O7S/c1-5-36-27(32)21-20(16-11-7-9-13-18(16)34-3)22(26(31)35-4)25-29(23(21)28)24(30)19(37-25)14-15-10-6-8-12-17(15)33-2/h6-14,20H,5,28H2,1-4H3/b19-14+/t20-/m1/s1. The molecule has 0 saturated heterocycles. The van der Waals surface area contributed by atoms with Gasteiger partial charge in [0.2, 0.25) is 0 Å². The summed E-state index contributed by atoms with van der Waals surface area (Å²) in [4.78, 5) is 40.1. The fraction of sp³-hybridized carbons (Fsp3) is 0.222. The lowest BCUT2D eigenvalue weighted by Crippen LogP contribution is -2.41. The van der Waals surface area contributed by atoms with Crippen LogP contribution in [0.4, 0.5) is 0 Å². The molecule has 0 bridgehead atoms. The second-order valence-electron chi connectivity index (χ2n) is 7.90. The molecule has 0 amide bonds. The molecule has 1 aliphatic rings. The molecule has 10 heteroatoms. The van der Waals surface area contributed by atoms with Crippen molar-refractivity contribution in [2.24, 2.45) is 5.73 Å². The minimum Gasteiger partial charge on any atom is -0.496 e. The number of nitrogens with two attached hydrogens (primary N) is 1. The monoisotopic (exact) mass is 522 g/mol. The molecule has 3 aromatic rings. The zero-order valence-corrected chi connectivity index (χ0v) is 21.6. The number of thiazole rings is 1. The first kappa shape index (κ1) is 25.8. The maximum absolute atomic E-state index is 13.6. The van der Waals surface area contributed by atoms with Crippen LogP contribution in [0.15, 0.2) is 58.9 Å². The number of nitrogens with zero attached hydrogens (tertiary/aromatic N) is 1. The van der Waals surface area contributed by atoms with E-state index in [-0.39, 0.29) is 32.8 Å². The highest BCUT2D eigenvalue weighted by molar-refractivity contribution is 7.07. The number of aromatic nitrogens is 1. The minimum atomic E-state index is -1.00. The maximum Gasteiger partial charge on any atom is 0.338 e. The van der Waals surface area contributed by atoms with Gasteiger partial charge in [0.1, 0.15) is 22.0 Å². The van der Waals surface area contributed by atoms with Gasteiger partial charge in [-0.25, -0.2) is 9.59 Å². The van der Waals surface area contributed by atoms with E-state index in [2.05, 4.69) is 0 Å². The van der Waals surface area contributed by atoms with Crippen LogP contribution in [0.3, 0.4) is 0 Å². The number of esters is 2. The predicted octanol–water partition coefficient (Wildman–Crippen LogP) is 1.57. The van der Waals surface area contributed by atoms with E-state index in [1.807, 2.05) is 12.1 Å². The van der Waals surface area contributed by atoms with Gasteiger partial charge in [-0.1, -0.05) is 36.4 Å². The zero-order chi connectivity index (χ0) is 26.7. The van der Waals surface area contributed by atoms with Gasteiger partial charge >= 0.3 is 11.9 Å². The smallest absolute Gasteiger partial charge is 0.338 e. The number of rotatable bonds is 7. The molecule has 0 unspecified atom stereocenters. The number of benzene rings is 2. The number of carbonyl (C=O) groups excluding carboxylic acids is 2. The van der Waals surface area contributed by atoms with Crippen LogP contribution in [0.5, 0.6) is 11.5 Å². The molecule has 1 atom stereocenters. The van der Waals surface area contributed by atoms with Crippen LogP contribution in [0.1, 0.15) is 24.0 Å². The normalized spacial score (nSPS) is 15.3. The number of carbonyl (C=O) groups is 2. The topological polar surface area (TPSA) is 119 Å². The Morgan fingerprint density at radius 2 is 1.62 bits per heavy atom. The van der Waals surface area contributed by atoms with Crippen LogP contribution in [0.2, 0.25) is 0 Å². The van der Waals surface area contributed by atoms with Gasteiger partial charge in [-0.3, -0.25) is 9.36 Å². The number of hydrogen-bond acceptors (Lipinski definition) is 9. The molecule has 37 heavy (non-hydrogen) atoms. The first-order valence-electron chi connectivity index (χ1n) is 11.4. The van der Waals surface area contributed by atoms with Gasteiger partial charge in [0, 0.05) is 11.1 Å². The molecule has 4 rings (SSSR count). The Kier molecular flexibility index (Phi) is 7.49. The van der Waals surface area contributed by atoms with Gasteiger partial charge in [0.05, 0.1) is 49.5 Å². The molecular weight excluding hydrogens is 496 g/mol. The molecule has 0 aliphatic carbocycles. The number of hydrogen-bond donors (Lipinski definition) is 1. The molecule has 2 aromatic carbocycles. The molecule has 0 fully saturated rings. The summed E-state index contributed by atoms with van der Waals surface area (Å²) in [6.45, 7) is 1.73. The lowest BCUT2D eigenvalue weighted by Gasteiger charge is -2.27. The highest BCUT2D eigenvalue weighted by Gasteiger charge is 2.41. The Hall–Kier alpha value is -4.31. The largest absolute Gasteiger partial charge is 0.496 e. The Morgan fingerprint density at radius 3 is 2.27 bits per heavy atom. The van der Waals surface area contributed by atoms with Crippen molar-refractivity contribution in [1.29, 1.82) is 0 Å². The van der Waals surface area contributed by atoms with Crippen molar-refractivity contribution in [2.45, 2.75) is 12.8 Å². The summed E-state index contributed by atoms with van der Waals surface area (Å²) in [5, 5.41) is 0. The fourth-order valence-electron chi connectivity index (χ4n) is 4.31. The maximum atomic E-state index is 13.6. The molecule has 2 N–H and O–H groups in total. The summed E-state index contributed by atoms with van der Waals surface area (Å²) < 4.78 is 23.1. The van der Waals surface area contributed by atoms with E-state index in [1.54, 1.807) is 49.4 Å². The highest BCUT2D eigenvalue weighted by Crippen LogP contribution is 2.41. The van der Waals surface area contributed by atoms with E-state index in [0.717, 1.165) is 15.9 Å². The zero-order valence-electron chi connectivity index (χ0n) is 20.8. The third kappa shape index (κ3) is 4.51. The molecule has 0 saturated carbocycles. The Bertz CT molecular complexity index is 1580. The van der Waals surface area contributed by atoms with Gasteiger partial charge in [0.15, 0.2) is 0 Å². The lowest BCUT2D eigenvalue weighted by atomic mass is 9.82. The Balaban J connectivity index is 2.15. The summed E-state index contributed by atoms with van der Waals surface area (Å²) in [5.74, 6) is -1.60. The van der Waals surface area contributed by atoms with Crippen molar-refractivity contribution in [3.63, 3.8) is 0 Å². The molecule has 0 radical (unpaired) electrons. The summed E-state index contributed by atoms with van der Waals surface area (Å²) in [6, 6.07) is 14.2. The van der Waals surface area contributed by atoms with E-state index in [1.165, 1.54) is 21.3 Å². The van der Waals surface area contributed by atoms with Crippen LogP contribution in [0, 0.1) is 0 Å². The molecule has 192 valence electrons. The van der Waals surface area contributed by atoms with Crippen molar-refractivity contribution in [3.05, 3.63) is 84.8 Å². The molecule has 0 spiro atoms. The fourth-order valence-corrected chi connectivity index (χ4v) is 5.46. The van der Waals surface area contributed by atoms with Crippen molar-refractivity contribution < 1.29 is 28.5 Å². The van der Waals surface area contributed by atoms with Crippen molar-refractivity contribution >= 4 is 40.7 Å². The number of ether oxygens (including phenoxy) is 4. The second kappa shape index (κ2) is 10.8. The molecule has 1 aromatic heterocycles. The summed E-state index contributed by atoms with van der Waals surface area (Å²) in [5.41, 5.74) is 7.20. The minimum absolute atomic E-state index is 0.0528. The van der Waals surface area contributed by atoms with Crippen molar-refractivity contribution in [2.75, 3.05) is 27.9 Å². The Morgan fingerprint density at radius 1 is 0.973 bits per heavy atom. The van der Waals surface area contributed by atoms with Crippen LogP contribution in [0.25, 0.3) is 17.5 Å². The van der Waals surface area contributed by atoms with Gasteiger partial charge in [-0.15, -0.1) is 11.3 Å². The van der Waals surface area contributed by atoms with Crippen LogP contribution in [-0.4, -0.2) is 44.4 Å². The highest BCUT2D eigenvalue weighted by atomic mass is 32.1. The lowest BCUT2D eigenvalue weighted by molar-refractivity contribution is -0.138. The molecule has 9 nitrogen and oxygen atoms in total. The van der Waals surface area contributed by atoms with Gasteiger partial charge in [-0.05, 0) is 25.1 Å². The molecule has 1 aliphatic heterocycles. The number of fused-ring (bicyclic) bond motifs is 1. The van der Waals surface area contributed by atoms with Gasteiger partial charge in [-0.2, -0.15) is 0 Å². The van der Waals surface area contributed by atoms with E-state index in [4.69, 9.17) is 24.7 Å². The van der Waals surface area contributed by atoms with E-state index >= 15 is 0 Å². The first-order chi connectivity index (χ1) is 17.9. The van der Waals surface area contributed by atoms with Crippen LogP contribution >= 0.6 is 11.3 Å². The van der Waals surface area contributed by atoms with Crippen molar-refractivity contribution in [3.8, 4) is 11.5 Å². The van der Waals surface area contributed by atoms with Gasteiger partial charge < -0.3 is 24.7 Å². The molecule has 2 heterocycles. The van der Waals surface area contributed by atoms with E-state index in [0.29, 0.717) is 22.6 Å². The predicted molar refractivity (Wildman–Crippen MR) is 140 cm³/mol. The summed E-state index contributed by atoms with van der Waals surface area (Å²) in [6.07, 6.45) is 1.65. The van der Waals surface area contributed by atoms with E-state index < -0.39 is 23.4 Å². The van der Waals surface area contributed by atoms with Crippen molar-refractivity contribution in [1.82, 2.24) is 4.57 Å². The Labute approximate surface area is 216 Å².